The molecule has 0 aliphatic carbocycles. The minimum absolute atomic E-state index is 0.0487. The van der Waals surface area contributed by atoms with Crippen molar-refractivity contribution < 1.29 is 9.53 Å². The molecule has 21 heavy (non-hydrogen) atoms. The van der Waals surface area contributed by atoms with Crippen molar-refractivity contribution in [3.05, 3.63) is 23.1 Å². The molecule has 2 N–H and O–H groups in total. The average molecular weight is 304 g/mol. The van der Waals surface area contributed by atoms with E-state index in [1.54, 1.807) is 7.11 Å². The van der Waals surface area contributed by atoms with Crippen LogP contribution in [0.2, 0.25) is 0 Å². The summed E-state index contributed by atoms with van der Waals surface area (Å²) in [7, 11) is 1.62. The topological polar surface area (TPSA) is 55.6 Å². The van der Waals surface area contributed by atoms with Crippen molar-refractivity contribution in [2.24, 2.45) is 5.92 Å². The number of rotatable bonds is 2. The first kappa shape index (κ1) is 14.2. The van der Waals surface area contributed by atoms with Crippen molar-refractivity contribution in [1.29, 1.82) is 0 Å². The minimum atomic E-state index is 0.0487. The lowest BCUT2D eigenvalue weighted by atomic mass is 10.1. The molecule has 0 radical (unpaired) electrons. The summed E-state index contributed by atoms with van der Waals surface area (Å²) in [6.07, 6.45) is 1.06. The van der Waals surface area contributed by atoms with E-state index in [-0.39, 0.29) is 11.9 Å². The largest absolute Gasteiger partial charge is 0.496 e. The molecular weight excluding hydrogens is 284 g/mol. The Morgan fingerprint density at radius 1 is 1.43 bits per heavy atom. The predicted molar refractivity (Wildman–Crippen MR) is 87.1 cm³/mol. The van der Waals surface area contributed by atoms with Gasteiger partial charge in [-0.3, -0.25) is 4.79 Å². The fraction of sp³-hybridized carbons (Fsp3) is 0.438. The van der Waals surface area contributed by atoms with E-state index in [1.165, 1.54) is 11.3 Å². The maximum Gasteiger partial charge on any atom is 0.266 e. The van der Waals surface area contributed by atoms with E-state index in [2.05, 4.69) is 13.8 Å². The lowest BCUT2D eigenvalue weighted by Crippen LogP contribution is -2.33. The Labute approximate surface area is 128 Å². The van der Waals surface area contributed by atoms with Gasteiger partial charge in [-0.2, -0.15) is 0 Å². The molecule has 1 saturated heterocycles. The number of nitrogens with zero attached hydrogens (tertiary/aromatic N) is 1. The molecule has 2 heterocycles. The Hall–Kier alpha value is -1.75. The Morgan fingerprint density at radius 3 is 2.81 bits per heavy atom. The summed E-state index contributed by atoms with van der Waals surface area (Å²) in [6, 6.07) is 6.05. The molecular formula is C16H20N2O2S. The van der Waals surface area contributed by atoms with E-state index in [4.69, 9.17) is 10.5 Å². The van der Waals surface area contributed by atoms with Gasteiger partial charge in [0.15, 0.2) is 0 Å². The Kier molecular flexibility index (Phi) is 3.53. The van der Waals surface area contributed by atoms with Gasteiger partial charge >= 0.3 is 0 Å². The van der Waals surface area contributed by atoms with Gasteiger partial charge in [0.2, 0.25) is 0 Å². The number of nitrogens with two attached hydrogens (primary N) is 1. The van der Waals surface area contributed by atoms with E-state index >= 15 is 0 Å². The summed E-state index contributed by atoms with van der Waals surface area (Å²) in [4.78, 5) is 15.4. The summed E-state index contributed by atoms with van der Waals surface area (Å²) in [5.74, 6) is 1.32. The third-order valence-electron chi connectivity index (χ3n) is 4.17. The van der Waals surface area contributed by atoms with Crippen LogP contribution >= 0.6 is 11.3 Å². The number of fused-ring (bicyclic) bond motifs is 1. The summed E-state index contributed by atoms with van der Waals surface area (Å²) in [5, 5.41) is 0.855. The maximum atomic E-state index is 12.8. The molecule has 5 heteroatoms. The lowest BCUT2D eigenvalue weighted by Gasteiger charge is -2.21. The first-order valence-corrected chi connectivity index (χ1v) is 8.00. The number of nitrogen functional groups attached to an aromatic ring is 1. The minimum Gasteiger partial charge on any atom is -0.496 e. The molecule has 2 unspecified atom stereocenters. The highest BCUT2D eigenvalue weighted by molar-refractivity contribution is 7.21. The molecule has 3 rings (SSSR count). The van der Waals surface area contributed by atoms with Crippen LogP contribution in [0.15, 0.2) is 18.2 Å². The summed E-state index contributed by atoms with van der Waals surface area (Å²) < 4.78 is 6.36. The van der Waals surface area contributed by atoms with Gasteiger partial charge < -0.3 is 15.4 Å². The zero-order valence-corrected chi connectivity index (χ0v) is 13.4. The van der Waals surface area contributed by atoms with Crippen molar-refractivity contribution in [1.82, 2.24) is 4.90 Å². The van der Waals surface area contributed by atoms with Crippen LogP contribution in [0.1, 0.15) is 29.9 Å². The van der Waals surface area contributed by atoms with Gasteiger partial charge in [0.1, 0.15) is 10.6 Å². The Bertz CT molecular complexity index is 695. The normalized spacial score (nSPS) is 22.0. The maximum absolute atomic E-state index is 12.8. The van der Waals surface area contributed by atoms with Gasteiger partial charge in [0.05, 0.1) is 18.2 Å². The number of thiophene rings is 1. The van der Waals surface area contributed by atoms with Crippen molar-refractivity contribution in [2.45, 2.75) is 26.3 Å². The van der Waals surface area contributed by atoms with Crippen LogP contribution in [0.25, 0.3) is 10.1 Å². The van der Waals surface area contributed by atoms with Gasteiger partial charge in [-0.1, -0.05) is 13.0 Å². The highest BCUT2D eigenvalue weighted by atomic mass is 32.1. The standard InChI is InChI=1S/C16H20N2O2S/c1-9-7-10(2)18(8-9)16(19)15-14(17)13-11(20-3)5-4-6-12(13)21-15/h4-6,9-10H,7-8,17H2,1-3H3. The molecule has 1 amide bonds. The van der Waals surface area contributed by atoms with Crippen LogP contribution in [-0.4, -0.2) is 30.5 Å². The molecule has 1 aromatic carbocycles. The lowest BCUT2D eigenvalue weighted by molar-refractivity contribution is 0.0749. The van der Waals surface area contributed by atoms with Crippen molar-refractivity contribution in [3.63, 3.8) is 0 Å². The molecule has 0 bridgehead atoms. The van der Waals surface area contributed by atoms with E-state index in [0.29, 0.717) is 16.5 Å². The molecule has 1 aromatic heterocycles. The SMILES string of the molecule is COc1cccc2sc(C(=O)N3CC(C)CC3C)c(N)c12. The zero-order valence-electron chi connectivity index (χ0n) is 12.6. The number of ether oxygens (including phenoxy) is 1. The third-order valence-corrected chi connectivity index (χ3v) is 5.33. The number of carbonyl (C=O) groups excluding carboxylic acids is 1. The van der Waals surface area contributed by atoms with Crippen LogP contribution in [-0.2, 0) is 0 Å². The fourth-order valence-electron chi connectivity index (χ4n) is 3.18. The van der Waals surface area contributed by atoms with E-state index in [0.717, 1.165) is 28.8 Å². The molecule has 1 aliphatic rings. The van der Waals surface area contributed by atoms with E-state index < -0.39 is 0 Å². The molecule has 112 valence electrons. The van der Waals surface area contributed by atoms with Crippen LogP contribution in [0, 0.1) is 5.92 Å². The monoisotopic (exact) mass is 304 g/mol. The first-order valence-electron chi connectivity index (χ1n) is 7.18. The molecule has 2 aromatic rings. The van der Waals surface area contributed by atoms with Crippen LogP contribution < -0.4 is 10.5 Å². The van der Waals surface area contributed by atoms with Crippen LogP contribution in [0.4, 0.5) is 5.69 Å². The van der Waals surface area contributed by atoms with Crippen molar-refractivity contribution >= 4 is 33.0 Å². The van der Waals surface area contributed by atoms with Gasteiger partial charge in [-0.05, 0) is 31.4 Å². The summed E-state index contributed by atoms with van der Waals surface area (Å²) >= 11 is 1.46. The van der Waals surface area contributed by atoms with Gasteiger partial charge in [0.25, 0.3) is 5.91 Å². The van der Waals surface area contributed by atoms with Crippen LogP contribution in [0.3, 0.4) is 0 Å². The smallest absolute Gasteiger partial charge is 0.266 e. The second kappa shape index (κ2) is 5.22. The highest BCUT2D eigenvalue weighted by Gasteiger charge is 2.32. The predicted octanol–water partition coefficient (Wildman–Crippen LogP) is 3.36. The first-order chi connectivity index (χ1) is 10.0. The molecule has 0 spiro atoms. The van der Waals surface area contributed by atoms with Crippen molar-refractivity contribution in [3.8, 4) is 5.75 Å². The summed E-state index contributed by atoms with van der Waals surface area (Å²) in [6.45, 7) is 5.09. The Morgan fingerprint density at radius 2 is 2.19 bits per heavy atom. The van der Waals surface area contributed by atoms with Gasteiger partial charge in [0, 0.05) is 17.3 Å². The highest BCUT2D eigenvalue weighted by Crippen LogP contribution is 2.40. The number of anilines is 1. The molecule has 2 atom stereocenters. The second-order valence-corrected chi connectivity index (χ2v) is 6.88. The number of methoxy groups -OCH3 is 1. The van der Waals surface area contributed by atoms with Gasteiger partial charge in [-0.25, -0.2) is 0 Å². The van der Waals surface area contributed by atoms with Crippen molar-refractivity contribution in [2.75, 3.05) is 19.4 Å². The number of amides is 1. The second-order valence-electron chi connectivity index (χ2n) is 5.83. The fourth-order valence-corrected chi connectivity index (χ4v) is 4.28. The van der Waals surface area contributed by atoms with E-state index in [1.807, 2.05) is 23.1 Å². The van der Waals surface area contributed by atoms with Gasteiger partial charge in [-0.15, -0.1) is 11.3 Å². The Balaban J connectivity index is 2.05. The number of carbonyl (C=O) groups is 1. The number of hydrogen-bond donors (Lipinski definition) is 1. The van der Waals surface area contributed by atoms with Crippen LogP contribution in [0.5, 0.6) is 5.75 Å². The third kappa shape index (κ3) is 2.25. The quantitative estimate of drug-likeness (QED) is 0.925. The average Bonchev–Trinajstić information content (AvgIpc) is 2.98. The number of likely N-dealkylation sites (tertiary alicyclic amines) is 1. The zero-order chi connectivity index (χ0) is 15.1. The number of benzene rings is 1. The summed E-state index contributed by atoms with van der Waals surface area (Å²) in [5.41, 5.74) is 6.79. The molecule has 1 aliphatic heterocycles. The molecule has 4 nitrogen and oxygen atoms in total. The molecule has 1 fully saturated rings. The number of hydrogen-bond acceptors (Lipinski definition) is 4. The van der Waals surface area contributed by atoms with E-state index in [9.17, 15) is 4.79 Å². The molecule has 0 saturated carbocycles.